The smallest absolute Gasteiger partial charge is 0.250 e. The lowest BCUT2D eigenvalue weighted by Gasteiger charge is -2.39. The van der Waals surface area contributed by atoms with E-state index < -0.39 is 32.5 Å². The van der Waals surface area contributed by atoms with E-state index in [-0.39, 0.29) is 32.0 Å². The fraction of sp³-hybridized carbons (Fsp3) is 0.600. The van der Waals surface area contributed by atoms with E-state index in [1.165, 1.54) is 11.6 Å². The molecule has 2 aromatic rings. The third-order valence-corrected chi connectivity index (χ3v) is 19.5. The van der Waals surface area contributed by atoms with E-state index in [0.717, 1.165) is 36.5 Å². The molecule has 40 heavy (non-hydrogen) atoms. The molecule has 0 saturated heterocycles. The van der Waals surface area contributed by atoms with Crippen molar-refractivity contribution in [2.75, 3.05) is 0 Å². The summed E-state index contributed by atoms with van der Waals surface area (Å²) in [6.07, 6.45) is 3.04. The molecule has 1 fully saturated rings. The van der Waals surface area contributed by atoms with Crippen molar-refractivity contribution in [2.24, 2.45) is 0 Å². The maximum Gasteiger partial charge on any atom is 0.250 e. The van der Waals surface area contributed by atoms with Crippen molar-refractivity contribution in [3.8, 4) is 11.5 Å². The highest BCUT2D eigenvalue weighted by Gasteiger charge is 2.41. The lowest BCUT2D eigenvalue weighted by Crippen LogP contribution is -2.44. The Bertz CT molecular complexity index is 1310. The van der Waals surface area contributed by atoms with E-state index in [1.54, 1.807) is 0 Å². The van der Waals surface area contributed by atoms with Crippen molar-refractivity contribution in [3.63, 3.8) is 0 Å². The van der Waals surface area contributed by atoms with Crippen molar-refractivity contribution < 1.29 is 21.7 Å². The summed E-state index contributed by atoms with van der Waals surface area (Å²) in [6, 6.07) is 9.59. The molecule has 0 aliphatic heterocycles. The van der Waals surface area contributed by atoms with Crippen LogP contribution in [0.1, 0.15) is 78.7 Å². The van der Waals surface area contributed by atoms with Gasteiger partial charge in [-0.1, -0.05) is 59.2 Å². The standard InChI is InChI=1S/C30H47ClFNO4SSi2/c1-29(2,3)39(7,8)36-23-15-17-25(28(19-23)37-40(9,10)30(4,5)6)21-11-13-22(14-12-21)33-38(34,35)24-16-18-27(32)26(31)20-24/h15-22,33H,11-14H2,1-10H3/t21-,22+. The maximum absolute atomic E-state index is 13.5. The van der Waals surface area contributed by atoms with Crippen molar-refractivity contribution in [2.45, 2.75) is 120 Å². The second-order valence-corrected chi connectivity index (χ2v) is 25.7. The van der Waals surface area contributed by atoms with Crippen molar-refractivity contribution >= 4 is 38.3 Å². The van der Waals surface area contributed by atoms with Gasteiger partial charge in [0.25, 0.3) is 0 Å². The number of hydrogen-bond acceptors (Lipinski definition) is 4. The highest BCUT2D eigenvalue weighted by atomic mass is 35.5. The quantitative estimate of drug-likeness (QED) is 0.296. The highest BCUT2D eigenvalue weighted by Crippen LogP contribution is 2.45. The van der Waals surface area contributed by atoms with Gasteiger partial charge in [0.1, 0.15) is 17.3 Å². The molecule has 1 aliphatic carbocycles. The minimum absolute atomic E-state index is 0.0246. The Labute approximate surface area is 248 Å². The molecule has 0 heterocycles. The van der Waals surface area contributed by atoms with Crippen LogP contribution in [0.15, 0.2) is 41.3 Å². The van der Waals surface area contributed by atoms with Gasteiger partial charge in [-0.2, -0.15) is 0 Å². The van der Waals surface area contributed by atoms with Crippen molar-refractivity contribution in [3.05, 3.63) is 52.8 Å². The predicted octanol–water partition coefficient (Wildman–Crippen LogP) is 9.25. The Hall–Kier alpha value is -1.40. The van der Waals surface area contributed by atoms with E-state index in [1.807, 2.05) is 0 Å². The molecule has 224 valence electrons. The van der Waals surface area contributed by atoms with Crippen LogP contribution in [0.3, 0.4) is 0 Å². The number of hydrogen-bond donors (Lipinski definition) is 1. The average Bonchev–Trinajstić information content (AvgIpc) is 2.79. The Morgan fingerprint density at radius 1 is 0.850 bits per heavy atom. The van der Waals surface area contributed by atoms with Crippen LogP contribution in [-0.2, 0) is 10.0 Å². The first-order valence-electron chi connectivity index (χ1n) is 14.1. The second-order valence-electron chi connectivity index (χ2n) is 14.2. The molecule has 10 heteroatoms. The molecule has 0 spiro atoms. The monoisotopic (exact) mass is 627 g/mol. The zero-order chi connectivity index (χ0) is 30.3. The molecule has 5 nitrogen and oxygen atoms in total. The molecule has 1 saturated carbocycles. The van der Waals surface area contributed by atoms with E-state index >= 15 is 0 Å². The van der Waals surface area contributed by atoms with Crippen LogP contribution in [0.5, 0.6) is 11.5 Å². The van der Waals surface area contributed by atoms with Crippen molar-refractivity contribution in [1.82, 2.24) is 4.72 Å². The number of nitrogens with one attached hydrogen (secondary N) is 1. The minimum Gasteiger partial charge on any atom is -0.543 e. The fourth-order valence-electron chi connectivity index (χ4n) is 4.33. The Balaban J connectivity index is 1.82. The van der Waals surface area contributed by atoms with Gasteiger partial charge in [-0.15, -0.1) is 0 Å². The lowest BCUT2D eigenvalue weighted by molar-refractivity contribution is 0.367. The van der Waals surface area contributed by atoms with Gasteiger partial charge in [0.2, 0.25) is 26.7 Å². The summed E-state index contributed by atoms with van der Waals surface area (Å²) in [4.78, 5) is -0.0246. The molecule has 2 aromatic carbocycles. The molecule has 0 atom stereocenters. The van der Waals surface area contributed by atoms with Gasteiger partial charge in [0, 0.05) is 12.1 Å². The minimum atomic E-state index is -3.80. The van der Waals surface area contributed by atoms with Crippen LogP contribution >= 0.6 is 11.6 Å². The summed E-state index contributed by atoms with van der Waals surface area (Å²) >= 11 is 5.82. The third-order valence-electron chi connectivity index (χ3n) is 9.03. The number of sulfonamides is 1. The topological polar surface area (TPSA) is 64.6 Å². The van der Waals surface area contributed by atoms with Crippen LogP contribution in [0.25, 0.3) is 0 Å². The molecular weight excluding hydrogens is 581 g/mol. The SMILES string of the molecule is CC(C)(C)[Si](C)(C)Oc1ccc([C@H]2CC[C@@H](NS(=O)(=O)c3ccc(F)c(Cl)c3)CC2)c(O[Si](C)(C)C(C)(C)C)c1. The summed E-state index contributed by atoms with van der Waals surface area (Å²) in [5.74, 6) is 1.36. The first kappa shape index (κ1) is 33.1. The van der Waals surface area contributed by atoms with Crippen molar-refractivity contribution in [1.29, 1.82) is 0 Å². The summed E-state index contributed by atoms with van der Waals surface area (Å²) in [6.45, 7) is 22.4. The largest absolute Gasteiger partial charge is 0.543 e. The highest BCUT2D eigenvalue weighted by molar-refractivity contribution is 7.89. The molecular formula is C30H47ClFNO4SSi2. The zero-order valence-corrected chi connectivity index (χ0v) is 29.3. The van der Waals surface area contributed by atoms with Crippen LogP contribution < -0.4 is 13.6 Å². The molecule has 0 unspecified atom stereocenters. The first-order valence-corrected chi connectivity index (χ1v) is 21.8. The Morgan fingerprint density at radius 3 is 1.93 bits per heavy atom. The van der Waals surface area contributed by atoms with Gasteiger partial charge in [0.15, 0.2) is 0 Å². The fourth-order valence-corrected chi connectivity index (χ4v) is 7.96. The summed E-state index contributed by atoms with van der Waals surface area (Å²) in [7, 11) is -7.95. The molecule has 0 aromatic heterocycles. The summed E-state index contributed by atoms with van der Waals surface area (Å²) in [5, 5.41) is -0.0848. The van der Waals surface area contributed by atoms with Gasteiger partial charge in [-0.3, -0.25) is 0 Å². The maximum atomic E-state index is 13.5. The van der Waals surface area contributed by atoms with Crippen LogP contribution in [-0.4, -0.2) is 31.1 Å². The van der Waals surface area contributed by atoms with Gasteiger partial charge >= 0.3 is 0 Å². The molecule has 3 rings (SSSR count). The Kier molecular flexibility index (Phi) is 9.69. The predicted molar refractivity (Wildman–Crippen MR) is 169 cm³/mol. The zero-order valence-electron chi connectivity index (χ0n) is 25.7. The van der Waals surface area contributed by atoms with E-state index in [0.29, 0.717) is 12.8 Å². The number of halogens is 2. The molecule has 1 aliphatic rings. The van der Waals surface area contributed by atoms with Gasteiger partial charge in [0.05, 0.1) is 9.92 Å². The van der Waals surface area contributed by atoms with Crippen LogP contribution in [0.2, 0.25) is 41.3 Å². The average molecular weight is 628 g/mol. The molecule has 0 radical (unpaired) electrons. The first-order chi connectivity index (χ1) is 18.1. The molecule has 1 N–H and O–H groups in total. The van der Waals surface area contributed by atoms with E-state index in [9.17, 15) is 12.8 Å². The number of rotatable bonds is 8. The lowest BCUT2D eigenvalue weighted by atomic mass is 9.81. The van der Waals surface area contributed by atoms with Gasteiger partial charge < -0.3 is 8.85 Å². The molecule has 0 bridgehead atoms. The second kappa shape index (κ2) is 11.7. The van der Waals surface area contributed by atoms with Gasteiger partial charge in [-0.25, -0.2) is 17.5 Å². The summed E-state index contributed by atoms with van der Waals surface area (Å²) in [5.41, 5.74) is 1.17. The van der Waals surface area contributed by atoms with Crippen LogP contribution in [0.4, 0.5) is 4.39 Å². The van der Waals surface area contributed by atoms with Gasteiger partial charge in [-0.05, 0) is 97.7 Å². The number of benzene rings is 2. The third kappa shape index (κ3) is 7.70. The normalized spacial score (nSPS) is 19.4. The van der Waals surface area contributed by atoms with E-state index in [2.05, 4.69) is 90.7 Å². The van der Waals surface area contributed by atoms with Crippen LogP contribution in [0, 0.1) is 5.82 Å². The summed E-state index contributed by atoms with van der Waals surface area (Å²) < 4.78 is 55.7. The molecule has 0 amide bonds. The van der Waals surface area contributed by atoms with E-state index in [4.69, 9.17) is 20.5 Å². The Morgan fingerprint density at radius 2 is 1.40 bits per heavy atom.